The summed E-state index contributed by atoms with van der Waals surface area (Å²) in [5, 5.41) is 2.87. The molecule has 132 valence electrons. The van der Waals surface area contributed by atoms with Gasteiger partial charge in [-0.05, 0) is 49.4 Å². The fourth-order valence-electron chi connectivity index (χ4n) is 3.65. The maximum atomic E-state index is 12.5. The molecule has 1 aliphatic heterocycles. The minimum absolute atomic E-state index is 0.0112. The van der Waals surface area contributed by atoms with Crippen LogP contribution in [0, 0.1) is 5.92 Å². The second kappa shape index (κ2) is 7.66. The fourth-order valence-corrected chi connectivity index (χ4v) is 5.16. The molecule has 1 saturated heterocycles. The number of hydrogen-bond donors (Lipinski definition) is 1. The van der Waals surface area contributed by atoms with E-state index in [-0.39, 0.29) is 5.91 Å². The number of hydrogen-bond acceptors (Lipinski definition) is 3. The average Bonchev–Trinajstić information content (AvgIpc) is 3.27. The van der Waals surface area contributed by atoms with E-state index >= 15 is 0 Å². The first kappa shape index (κ1) is 17.4. The van der Waals surface area contributed by atoms with E-state index in [0.29, 0.717) is 36.0 Å². The third-order valence-corrected chi connectivity index (χ3v) is 7.01. The van der Waals surface area contributed by atoms with Crippen molar-refractivity contribution >= 4 is 21.6 Å². The van der Waals surface area contributed by atoms with E-state index in [1.54, 1.807) is 24.3 Å². The summed E-state index contributed by atoms with van der Waals surface area (Å²) in [6.07, 6.45) is 8.42. The summed E-state index contributed by atoms with van der Waals surface area (Å²) in [5.41, 5.74) is 0.659. The lowest BCUT2D eigenvalue weighted by Crippen LogP contribution is -2.27. The SMILES string of the molecule is O=C(CCC1CCCC1)Nc1ccc(S(=O)(=O)N2CCCC2)cc1. The molecule has 0 aromatic heterocycles. The van der Waals surface area contributed by atoms with Crippen molar-refractivity contribution in [3.63, 3.8) is 0 Å². The second-order valence-electron chi connectivity index (χ2n) is 6.87. The Hall–Kier alpha value is -1.40. The molecular formula is C18H26N2O3S. The smallest absolute Gasteiger partial charge is 0.243 e. The molecule has 2 fully saturated rings. The Balaban J connectivity index is 1.55. The third-order valence-electron chi connectivity index (χ3n) is 5.10. The molecule has 1 aliphatic carbocycles. The van der Waals surface area contributed by atoms with Crippen molar-refractivity contribution in [3.05, 3.63) is 24.3 Å². The zero-order valence-corrected chi connectivity index (χ0v) is 14.9. The maximum Gasteiger partial charge on any atom is 0.243 e. The normalized spacial score (nSPS) is 19.7. The van der Waals surface area contributed by atoms with Crippen LogP contribution in [0.15, 0.2) is 29.2 Å². The number of sulfonamides is 1. The van der Waals surface area contributed by atoms with Gasteiger partial charge in [0, 0.05) is 25.2 Å². The van der Waals surface area contributed by atoms with E-state index in [1.165, 1.54) is 30.0 Å². The second-order valence-corrected chi connectivity index (χ2v) is 8.81. The van der Waals surface area contributed by atoms with E-state index < -0.39 is 10.0 Å². The van der Waals surface area contributed by atoms with Crippen LogP contribution in [-0.4, -0.2) is 31.7 Å². The molecule has 0 unspecified atom stereocenters. The standard InChI is InChI=1S/C18H26N2O3S/c21-18(12-7-15-5-1-2-6-15)19-16-8-10-17(11-9-16)24(22,23)20-13-3-4-14-20/h8-11,15H,1-7,12-14H2,(H,19,21). The molecule has 0 bridgehead atoms. The lowest BCUT2D eigenvalue weighted by molar-refractivity contribution is -0.116. The quantitative estimate of drug-likeness (QED) is 0.855. The molecule has 0 atom stereocenters. The van der Waals surface area contributed by atoms with Gasteiger partial charge in [-0.25, -0.2) is 8.42 Å². The van der Waals surface area contributed by atoms with Crippen molar-refractivity contribution < 1.29 is 13.2 Å². The number of rotatable bonds is 6. The van der Waals surface area contributed by atoms with Gasteiger partial charge in [-0.3, -0.25) is 4.79 Å². The van der Waals surface area contributed by atoms with E-state index in [9.17, 15) is 13.2 Å². The summed E-state index contributed by atoms with van der Waals surface area (Å²) in [6.45, 7) is 1.20. The molecule has 1 aromatic rings. The van der Waals surface area contributed by atoms with Crippen LogP contribution in [0.4, 0.5) is 5.69 Å². The van der Waals surface area contributed by atoms with E-state index in [0.717, 1.165) is 19.3 Å². The molecule has 1 aromatic carbocycles. The first-order chi connectivity index (χ1) is 11.6. The van der Waals surface area contributed by atoms with E-state index in [4.69, 9.17) is 0 Å². The molecule has 1 amide bonds. The summed E-state index contributed by atoms with van der Waals surface area (Å²) in [6, 6.07) is 6.52. The van der Waals surface area contributed by atoms with E-state index in [1.807, 2.05) is 0 Å². The van der Waals surface area contributed by atoms with Crippen molar-refractivity contribution in [2.24, 2.45) is 5.92 Å². The number of carbonyl (C=O) groups is 1. The number of nitrogens with zero attached hydrogens (tertiary/aromatic N) is 1. The van der Waals surface area contributed by atoms with Gasteiger partial charge in [0.1, 0.15) is 0 Å². The predicted molar refractivity (Wildman–Crippen MR) is 94.3 cm³/mol. The number of benzene rings is 1. The molecule has 1 N–H and O–H groups in total. The summed E-state index contributed by atoms with van der Waals surface area (Å²) >= 11 is 0. The molecule has 3 rings (SSSR count). The number of nitrogens with one attached hydrogen (secondary N) is 1. The summed E-state index contributed by atoms with van der Waals surface area (Å²) in [7, 11) is -3.38. The van der Waals surface area contributed by atoms with Crippen molar-refractivity contribution in [2.75, 3.05) is 18.4 Å². The Labute approximate surface area is 144 Å². The predicted octanol–water partition coefficient (Wildman–Crippen LogP) is 3.38. The Kier molecular flexibility index (Phi) is 5.56. The highest BCUT2D eigenvalue weighted by Crippen LogP contribution is 2.28. The van der Waals surface area contributed by atoms with Crippen LogP contribution in [0.3, 0.4) is 0 Å². The van der Waals surface area contributed by atoms with E-state index in [2.05, 4.69) is 5.32 Å². The van der Waals surface area contributed by atoms with Crippen LogP contribution < -0.4 is 5.32 Å². The van der Waals surface area contributed by atoms with Crippen molar-refractivity contribution in [3.8, 4) is 0 Å². The van der Waals surface area contributed by atoms with Gasteiger partial charge >= 0.3 is 0 Å². The van der Waals surface area contributed by atoms with Gasteiger partial charge in [0.25, 0.3) is 0 Å². The summed E-state index contributed by atoms with van der Waals surface area (Å²) in [4.78, 5) is 12.3. The first-order valence-corrected chi connectivity index (χ1v) is 10.4. The highest BCUT2D eigenvalue weighted by atomic mass is 32.2. The zero-order valence-electron chi connectivity index (χ0n) is 14.0. The molecular weight excluding hydrogens is 324 g/mol. The Morgan fingerprint density at radius 1 is 1.04 bits per heavy atom. The van der Waals surface area contributed by atoms with Crippen LogP contribution in [0.25, 0.3) is 0 Å². The van der Waals surface area contributed by atoms with Gasteiger partial charge in [0.05, 0.1) is 4.90 Å². The molecule has 6 heteroatoms. The van der Waals surface area contributed by atoms with Gasteiger partial charge in [0.2, 0.25) is 15.9 Å². The molecule has 1 saturated carbocycles. The Bertz CT molecular complexity index is 658. The average molecular weight is 350 g/mol. The van der Waals surface area contributed by atoms with Gasteiger partial charge in [-0.15, -0.1) is 0 Å². The topological polar surface area (TPSA) is 66.5 Å². The highest BCUT2D eigenvalue weighted by Gasteiger charge is 2.26. The molecule has 0 radical (unpaired) electrons. The monoisotopic (exact) mass is 350 g/mol. The van der Waals surface area contributed by atoms with Gasteiger partial charge in [-0.2, -0.15) is 4.31 Å². The lowest BCUT2D eigenvalue weighted by Gasteiger charge is -2.15. The lowest BCUT2D eigenvalue weighted by atomic mass is 10.0. The Morgan fingerprint density at radius 2 is 1.67 bits per heavy atom. The van der Waals surface area contributed by atoms with Crippen LogP contribution in [0.5, 0.6) is 0 Å². The highest BCUT2D eigenvalue weighted by molar-refractivity contribution is 7.89. The number of anilines is 1. The largest absolute Gasteiger partial charge is 0.326 e. The van der Waals surface area contributed by atoms with Crippen LogP contribution >= 0.6 is 0 Å². The summed E-state index contributed by atoms with van der Waals surface area (Å²) in [5.74, 6) is 0.709. The minimum Gasteiger partial charge on any atom is -0.326 e. The molecule has 5 nitrogen and oxygen atoms in total. The first-order valence-electron chi connectivity index (χ1n) is 8.96. The van der Waals surface area contributed by atoms with Crippen molar-refractivity contribution in [1.82, 2.24) is 4.31 Å². The zero-order chi connectivity index (χ0) is 17.0. The van der Waals surface area contributed by atoms with Crippen LogP contribution in [-0.2, 0) is 14.8 Å². The minimum atomic E-state index is -3.38. The third kappa shape index (κ3) is 4.16. The van der Waals surface area contributed by atoms with Crippen LogP contribution in [0.1, 0.15) is 51.4 Å². The van der Waals surface area contributed by atoms with Crippen molar-refractivity contribution in [1.29, 1.82) is 0 Å². The molecule has 1 heterocycles. The van der Waals surface area contributed by atoms with Crippen LogP contribution in [0.2, 0.25) is 0 Å². The fraction of sp³-hybridized carbons (Fsp3) is 0.611. The van der Waals surface area contributed by atoms with Gasteiger partial charge in [0.15, 0.2) is 0 Å². The number of amides is 1. The summed E-state index contributed by atoms with van der Waals surface area (Å²) < 4.78 is 26.4. The van der Waals surface area contributed by atoms with Gasteiger partial charge < -0.3 is 5.32 Å². The number of carbonyl (C=O) groups excluding carboxylic acids is 1. The molecule has 0 spiro atoms. The Morgan fingerprint density at radius 3 is 2.29 bits per heavy atom. The van der Waals surface area contributed by atoms with Crippen molar-refractivity contribution in [2.45, 2.75) is 56.3 Å². The molecule has 24 heavy (non-hydrogen) atoms. The maximum absolute atomic E-state index is 12.5. The molecule has 2 aliphatic rings. The van der Waals surface area contributed by atoms with Gasteiger partial charge in [-0.1, -0.05) is 25.7 Å².